The number of nitrogens with one attached hydrogen (secondary N) is 1. The van der Waals surface area contributed by atoms with E-state index in [-0.39, 0.29) is 12.5 Å². The Morgan fingerprint density at radius 3 is 2.38 bits per heavy atom. The minimum atomic E-state index is -0.441. The summed E-state index contributed by atoms with van der Waals surface area (Å²) in [6.07, 6.45) is 2.79. The zero-order valence-electron chi connectivity index (χ0n) is 10.8. The number of nitrogens with two attached hydrogens (primary N) is 1. The number of amides is 1. The predicted octanol–water partition coefficient (Wildman–Crippen LogP) is 1.03. The van der Waals surface area contributed by atoms with Crippen LogP contribution >= 0.6 is 0 Å². The van der Waals surface area contributed by atoms with Gasteiger partial charge in [-0.3, -0.25) is 4.79 Å². The van der Waals surface area contributed by atoms with Gasteiger partial charge < -0.3 is 16.2 Å². The van der Waals surface area contributed by atoms with Gasteiger partial charge in [0, 0.05) is 6.42 Å². The first-order valence-corrected chi connectivity index (χ1v) is 6.15. The molecule has 4 heteroatoms. The van der Waals surface area contributed by atoms with Crippen molar-refractivity contribution in [1.29, 1.82) is 0 Å². The minimum absolute atomic E-state index is 0.00180. The molecule has 0 aliphatic heterocycles. The van der Waals surface area contributed by atoms with Crippen LogP contribution in [0.5, 0.6) is 0 Å². The molecule has 1 unspecified atom stereocenters. The number of rotatable bonds is 8. The number of carbonyl (C=O) groups is 1. The third-order valence-electron chi connectivity index (χ3n) is 3.33. The van der Waals surface area contributed by atoms with Crippen LogP contribution in [0.25, 0.3) is 0 Å². The zero-order valence-corrected chi connectivity index (χ0v) is 10.8. The fraction of sp³-hybridized carbons (Fsp3) is 0.917. The summed E-state index contributed by atoms with van der Waals surface area (Å²) < 4.78 is 0. The van der Waals surface area contributed by atoms with Crippen molar-refractivity contribution in [3.63, 3.8) is 0 Å². The fourth-order valence-electron chi connectivity index (χ4n) is 1.54. The van der Waals surface area contributed by atoms with Crippen LogP contribution in [0.1, 0.15) is 46.5 Å². The molecule has 0 fully saturated rings. The van der Waals surface area contributed by atoms with Gasteiger partial charge in [-0.05, 0) is 31.7 Å². The molecule has 0 saturated heterocycles. The van der Waals surface area contributed by atoms with Crippen LogP contribution in [0.2, 0.25) is 0 Å². The first-order chi connectivity index (χ1) is 7.53. The molecule has 0 aromatic rings. The maximum absolute atomic E-state index is 11.7. The van der Waals surface area contributed by atoms with Gasteiger partial charge in [-0.25, -0.2) is 0 Å². The molecular weight excluding hydrogens is 204 g/mol. The number of carbonyl (C=O) groups excluding carboxylic acids is 1. The van der Waals surface area contributed by atoms with Gasteiger partial charge in [-0.2, -0.15) is 0 Å². The lowest BCUT2D eigenvalue weighted by Gasteiger charge is -2.30. The Morgan fingerprint density at radius 2 is 2.00 bits per heavy atom. The van der Waals surface area contributed by atoms with Crippen molar-refractivity contribution in [2.24, 2.45) is 11.7 Å². The second-order valence-corrected chi connectivity index (χ2v) is 4.57. The quantitative estimate of drug-likeness (QED) is 0.583. The maximum atomic E-state index is 11.7. The molecule has 0 aliphatic carbocycles. The Balaban J connectivity index is 4.10. The summed E-state index contributed by atoms with van der Waals surface area (Å²) in [6, 6.07) is 0. The largest absolute Gasteiger partial charge is 0.394 e. The first kappa shape index (κ1) is 15.4. The summed E-state index contributed by atoms with van der Waals surface area (Å²) in [5, 5.41) is 12.2. The molecule has 0 saturated carbocycles. The van der Waals surface area contributed by atoms with Crippen molar-refractivity contribution < 1.29 is 9.90 Å². The number of hydrogen-bond acceptors (Lipinski definition) is 3. The van der Waals surface area contributed by atoms with Crippen LogP contribution in [0.4, 0.5) is 0 Å². The van der Waals surface area contributed by atoms with E-state index in [1.165, 1.54) is 0 Å². The molecule has 0 rings (SSSR count). The molecule has 0 heterocycles. The smallest absolute Gasteiger partial charge is 0.220 e. The Hall–Kier alpha value is -0.610. The topological polar surface area (TPSA) is 75.3 Å². The fourth-order valence-corrected chi connectivity index (χ4v) is 1.54. The molecule has 0 bridgehead atoms. The second kappa shape index (κ2) is 7.63. The molecule has 4 N–H and O–H groups in total. The van der Waals surface area contributed by atoms with Gasteiger partial charge in [-0.1, -0.05) is 20.8 Å². The summed E-state index contributed by atoms with van der Waals surface area (Å²) in [6.45, 7) is 6.59. The van der Waals surface area contributed by atoms with Crippen molar-refractivity contribution in [2.75, 3.05) is 13.2 Å². The summed E-state index contributed by atoms with van der Waals surface area (Å²) >= 11 is 0. The average Bonchev–Trinajstić information content (AvgIpc) is 2.33. The van der Waals surface area contributed by atoms with Crippen molar-refractivity contribution in [3.8, 4) is 0 Å². The zero-order chi connectivity index (χ0) is 12.6. The Labute approximate surface area is 98.6 Å². The molecule has 0 aliphatic rings. The van der Waals surface area contributed by atoms with Crippen molar-refractivity contribution >= 4 is 5.91 Å². The van der Waals surface area contributed by atoms with Gasteiger partial charge in [0.2, 0.25) is 5.91 Å². The summed E-state index contributed by atoms with van der Waals surface area (Å²) in [4.78, 5) is 11.7. The predicted molar refractivity (Wildman–Crippen MR) is 66.0 cm³/mol. The normalized spacial score (nSPS) is 13.6. The monoisotopic (exact) mass is 230 g/mol. The lowest BCUT2D eigenvalue weighted by Crippen LogP contribution is -2.50. The van der Waals surface area contributed by atoms with Crippen LogP contribution in [0.15, 0.2) is 0 Å². The van der Waals surface area contributed by atoms with Crippen molar-refractivity contribution in [1.82, 2.24) is 5.32 Å². The summed E-state index contributed by atoms with van der Waals surface area (Å²) in [5.74, 6) is 0.385. The molecule has 0 spiro atoms. The van der Waals surface area contributed by atoms with E-state index in [1.807, 2.05) is 20.8 Å². The van der Waals surface area contributed by atoms with Crippen LogP contribution < -0.4 is 11.1 Å². The highest BCUT2D eigenvalue weighted by Crippen LogP contribution is 2.15. The summed E-state index contributed by atoms with van der Waals surface area (Å²) in [5.41, 5.74) is 5.05. The summed E-state index contributed by atoms with van der Waals surface area (Å²) in [7, 11) is 0. The maximum Gasteiger partial charge on any atom is 0.220 e. The van der Waals surface area contributed by atoms with E-state index in [4.69, 9.17) is 5.73 Å². The molecule has 96 valence electrons. The lowest BCUT2D eigenvalue weighted by atomic mass is 9.93. The van der Waals surface area contributed by atoms with Gasteiger partial charge in [0.15, 0.2) is 0 Å². The van der Waals surface area contributed by atoms with Gasteiger partial charge in [0.05, 0.1) is 12.1 Å². The Morgan fingerprint density at radius 1 is 1.44 bits per heavy atom. The molecule has 0 aromatic heterocycles. The van der Waals surface area contributed by atoms with Gasteiger partial charge in [0.1, 0.15) is 0 Å². The molecule has 0 aromatic carbocycles. The van der Waals surface area contributed by atoms with Crippen LogP contribution in [0, 0.1) is 5.92 Å². The number of aliphatic hydroxyl groups is 1. The second-order valence-electron chi connectivity index (χ2n) is 4.57. The highest BCUT2D eigenvalue weighted by atomic mass is 16.3. The Kier molecular flexibility index (Phi) is 7.34. The van der Waals surface area contributed by atoms with Crippen molar-refractivity contribution in [2.45, 2.75) is 52.0 Å². The van der Waals surface area contributed by atoms with E-state index in [9.17, 15) is 9.90 Å². The average molecular weight is 230 g/mol. The SMILES string of the molecule is CCC(CC)(CO)NC(=O)CCC(C)CN. The van der Waals surface area contributed by atoms with Crippen LogP contribution in [0.3, 0.4) is 0 Å². The minimum Gasteiger partial charge on any atom is -0.394 e. The molecule has 4 nitrogen and oxygen atoms in total. The van der Waals surface area contributed by atoms with E-state index in [2.05, 4.69) is 5.32 Å². The molecular formula is C12H26N2O2. The molecule has 16 heavy (non-hydrogen) atoms. The van der Waals surface area contributed by atoms with Gasteiger partial charge in [-0.15, -0.1) is 0 Å². The lowest BCUT2D eigenvalue weighted by molar-refractivity contribution is -0.124. The van der Waals surface area contributed by atoms with E-state index >= 15 is 0 Å². The van der Waals surface area contributed by atoms with E-state index in [0.29, 0.717) is 18.9 Å². The number of hydrogen-bond donors (Lipinski definition) is 3. The molecule has 1 atom stereocenters. The standard InChI is InChI=1S/C12H26N2O2/c1-4-12(5-2,9-15)14-11(16)7-6-10(3)8-13/h10,15H,4-9,13H2,1-3H3,(H,14,16). The van der Waals surface area contributed by atoms with E-state index < -0.39 is 5.54 Å². The Bertz CT molecular complexity index is 195. The third kappa shape index (κ3) is 4.94. The van der Waals surface area contributed by atoms with Crippen LogP contribution in [-0.4, -0.2) is 29.7 Å². The molecule has 1 amide bonds. The molecule has 0 radical (unpaired) electrons. The third-order valence-corrected chi connectivity index (χ3v) is 3.33. The highest BCUT2D eigenvalue weighted by Gasteiger charge is 2.26. The van der Waals surface area contributed by atoms with Crippen molar-refractivity contribution in [3.05, 3.63) is 0 Å². The van der Waals surface area contributed by atoms with Gasteiger partial charge in [0.25, 0.3) is 0 Å². The highest BCUT2D eigenvalue weighted by molar-refractivity contribution is 5.76. The van der Waals surface area contributed by atoms with E-state index in [0.717, 1.165) is 19.3 Å². The van der Waals surface area contributed by atoms with E-state index in [1.54, 1.807) is 0 Å². The first-order valence-electron chi connectivity index (χ1n) is 6.15. The van der Waals surface area contributed by atoms with Crippen LogP contribution in [-0.2, 0) is 4.79 Å². The van der Waals surface area contributed by atoms with Gasteiger partial charge >= 0.3 is 0 Å². The number of aliphatic hydroxyl groups excluding tert-OH is 1.